The molecule has 0 amide bonds. The van der Waals surface area contributed by atoms with Crippen molar-refractivity contribution < 1.29 is 26.3 Å². The molecule has 0 unspecified atom stereocenters. The third-order valence-electron chi connectivity index (χ3n) is 4.14. The van der Waals surface area contributed by atoms with Gasteiger partial charge in [0.25, 0.3) is 0 Å². The first-order valence-corrected chi connectivity index (χ1v) is 10.9. The highest BCUT2D eigenvalue weighted by Gasteiger charge is 2.31. The Morgan fingerprint density at radius 3 is 2.31 bits per heavy atom. The summed E-state index contributed by atoms with van der Waals surface area (Å²) < 4.78 is 69.1. The molecule has 0 aliphatic carbocycles. The van der Waals surface area contributed by atoms with Gasteiger partial charge in [-0.2, -0.15) is 5.10 Å². The summed E-state index contributed by atoms with van der Waals surface area (Å²) in [5.41, 5.74) is 1.76. The summed E-state index contributed by atoms with van der Waals surface area (Å²) in [6, 6.07) is 7.55. The molecule has 0 spiro atoms. The lowest BCUT2D eigenvalue weighted by molar-refractivity contribution is -0.274. The van der Waals surface area contributed by atoms with Gasteiger partial charge in [-0.15, -0.1) is 13.2 Å². The largest absolute Gasteiger partial charge is 0.573 e. The number of alkyl halides is 3. The van der Waals surface area contributed by atoms with Gasteiger partial charge >= 0.3 is 6.36 Å². The number of benzene rings is 1. The Morgan fingerprint density at radius 2 is 1.72 bits per heavy atom. The minimum absolute atomic E-state index is 0.0153. The summed E-state index contributed by atoms with van der Waals surface area (Å²) in [5.74, 6) is 1.08. The van der Waals surface area contributed by atoms with Crippen molar-refractivity contribution in [2.45, 2.75) is 32.0 Å². The first-order valence-electron chi connectivity index (χ1n) is 9.42. The maximum Gasteiger partial charge on any atom is 0.573 e. The van der Waals surface area contributed by atoms with Crippen molar-refractivity contribution in [3.8, 4) is 11.6 Å². The summed E-state index contributed by atoms with van der Waals surface area (Å²) in [5, 5.41) is 7.40. The highest BCUT2D eigenvalue weighted by molar-refractivity contribution is 7.89. The SMILES string of the molecule is Cc1cc(C)n(-c2cc(NCCNS(=O)(=O)c3ccc(OC(F)(F)F)cc3)nc(C)n2)n1. The Hall–Kier alpha value is -3.19. The Morgan fingerprint density at radius 1 is 1.03 bits per heavy atom. The van der Waals surface area contributed by atoms with Gasteiger partial charge in [0.1, 0.15) is 17.4 Å². The standard InChI is InChI=1S/C19H21F3N6O3S/c1-12-10-13(2)28(27-12)18-11-17(25-14(3)26-18)23-8-9-24-32(29,30)16-6-4-15(5-7-16)31-19(20,21)22/h4-7,10-11,24H,8-9H2,1-3H3,(H,23,25,26). The lowest BCUT2D eigenvalue weighted by atomic mass is 10.3. The molecule has 0 saturated heterocycles. The van der Waals surface area contributed by atoms with Crippen LogP contribution in [0.25, 0.3) is 5.82 Å². The van der Waals surface area contributed by atoms with Crippen molar-refractivity contribution in [2.75, 3.05) is 18.4 Å². The molecule has 0 saturated carbocycles. The Balaban J connectivity index is 1.59. The number of nitrogens with zero attached hydrogens (tertiary/aromatic N) is 4. The zero-order valence-electron chi connectivity index (χ0n) is 17.4. The Bertz CT molecular complexity index is 1190. The van der Waals surface area contributed by atoms with Crippen LogP contribution in [-0.2, 0) is 10.0 Å². The summed E-state index contributed by atoms with van der Waals surface area (Å²) in [6.45, 7) is 5.74. The number of aryl methyl sites for hydroxylation is 3. The van der Waals surface area contributed by atoms with Crippen LogP contribution in [0.2, 0.25) is 0 Å². The summed E-state index contributed by atoms with van der Waals surface area (Å²) in [7, 11) is -3.91. The summed E-state index contributed by atoms with van der Waals surface area (Å²) in [6.07, 6.45) is -4.85. The van der Waals surface area contributed by atoms with Crippen LogP contribution in [0.4, 0.5) is 19.0 Å². The number of nitrogens with one attached hydrogen (secondary N) is 2. The van der Waals surface area contributed by atoms with Crippen molar-refractivity contribution >= 4 is 15.8 Å². The topological polar surface area (TPSA) is 111 Å². The second kappa shape index (κ2) is 9.12. The van der Waals surface area contributed by atoms with Crippen LogP contribution < -0.4 is 14.8 Å². The van der Waals surface area contributed by atoms with E-state index in [9.17, 15) is 21.6 Å². The Labute approximate surface area is 182 Å². The van der Waals surface area contributed by atoms with Gasteiger partial charge in [-0.1, -0.05) is 0 Å². The fourth-order valence-electron chi connectivity index (χ4n) is 2.89. The predicted molar refractivity (Wildman–Crippen MR) is 110 cm³/mol. The van der Waals surface area contributed by atoms with E-state index in [0.29, 0.717) is 17.5 Å². The Kier molecular flexibility index (Phi) is 6.69. The normalized spacial score (nSPS) is 12.1. The number of rotatable bonds is 8. The van der Waals surface area contributed by atoms with E-state index < -0.39 is 22.1 Å². The molecular weight excluding hydrogens is 449 g/mol. The van der Waals surface area contributed by atoms with Crippen LogP contribution in [0, 0.1) is 20.8 Å². The maximum absolute atomic E-state index is 12.3. The van der Waals surface area contributed by atoms with Gasteiger partial charge in [-0.05, 0) is 51.1 Å². The molecule has 9 nitrogen and oxygen atoms in total. The van der Waals surface area contributed by atoms with Gasteiger partial charge in [0, 0.05) is 24.8 Å². The van der Waals surface area contributed by atoms with Crippen LogP contribution in [0.3, 0.4) is 0 Å². The molecule has 3 aromatic rings. The van der Waals surface area contributed by atoms with Crippen LogP contribution in [0.5, 0.6) is 5.75 Å². The maximum atomic E-state index is 12.3. The second-order valence-electron chi connectivity index (χ2n) is 6.84. The highest BCUT2D eigenvalue weighted by Crippen LogP contribution is 2.23. The summed E-state index contributed by atoms with van der Waals surface area (Å²) >= 11 is 0. The number of halogens is 3. The van der Waals surface area contributed by atoms with Gasteiger partial charge in [0.2, 0.25) is 10.0 Å². The molecule has 2 aromatic heterocycles. The van der Waals surface area contributed by atoms with Gasteiger partial charge in [-0.25, -0.2) is 27.8 Å². The van der Waals surface area contributed by atoms with E-state index in [4.69, 9.17) is 0 Å². The van der Waals surface area contributed by atoms with Crippen molar-refractivity contribution in [1.29, 1.82) is 0 Å². The highest BCUT2D eigenvalue weighted by atomic mass is 32.2. The predicted octanol–water partition coefficient (Wildman–Crippen LogP) is 2.88. The zero-order valence-corrected chi connectivity index (χ0v) is 18.3. The lowest BCUT2D eigenvalue weighted by Gasteiger charge is -2.11. The molecule has 3 rings (SSSR count). The molecule has 2 heterocycles. The van der Waals surface area contributed by atoms with E-state index >= 15 is 0 Å². The molecule has 0 atom stereocenters. The van der Waals surface area contributed by atoms with E-state index in [-0.39, 0.29) is 18.0 Å². The number of anilines is 1. The van der Waals surface area contributed by atoms with Gasteiger partial charge < -0.3 is 10.1 Å². The van der Waals surface area contributed by atoms with Crippen LogP contribution in [-0.4, -0.2) is 47.6 Å². The first kappa shape index (κ1) is 23.5. The molecule has 0 aliphatic rings. The molecule has 0 aliphatic heterocycles. The van der Waals surface area contributed by atoms with E-state index in [1.54, 1.807) is 17.7 Å². The van der Waals surface area contributed by atoms with Crippen molar-refractivity contribution in [3.63, 3.8) is 0 Å². The monoisotopic (exact) mass is 470 g/mol. The molecule has 0 radical (unpaired) electrons. The van der Waals surface area contributed by atoms with E-state index in [1.807, 2.05) is 19.9 Å². The number of hydrogen-bond acceptors (Lipinski definition) is 7. The lowest BCUT2D eigenvalue weighted by Crippen LogP contribution is -2.29. The van der Waals surface area contributed by atoms with E-state index in [0.717, 1.165) is 35.7 Å². The number of sulfonamides is 1. The number of ether oxygens (including phenoxy) is 1. The van der Waals surface area contributed by atoms with Gasteiger partial charge in [0.05, 0.1) is 10.6 Å². The van der Waals surface area contributed by atoms with Gasteiger partial charge in [-0.3, -0.25) is 0 Å². The molecule has 0 fully saturated rings. The van der Waals surface area contributed by atoms with Gasteiger partial charge in [0.15, 0.2) is 5.82 Å². The minimum Gasteiger partial charge on any atom is -0.406 e. The molecule has 1 aromatic carbocycles. The molecule has 13 heteroatoms. The van der Waals surface area contributed by atoms with Crippen LogP contribution in [0.1, 0.15) is 17.2 Å². The molecule has 0 bridgehead atoms. The average molecular weight is 470 g/mol. The average Bonchev–Trinajstić information content (AvgIpc) is 3.02. The van der Waals surface area contributed by atoms with E-state index in [1.165, 1.54) is 0 Å². The third kappa shape index (κ3) is 6.17. The first-order chi connectivity index (χ1) is 14.9. The molecule has 2 N–H and O–H groups in total. The van der Waals surface area contributed by atoms with Crippen molar-refractivity contribution in [1.82, 2.24) is 24.5 Å². The quantitative estimate of drug-likeness (QED) is 0.487. The number of aromatic nitrogens is 4. The fraction of sp³-hybridized carbons (Fsp3) is 0.316. The molecule has 32 heavy (non-hydrogen) atoms. The van der Waals surface area contributed by atoms with E-state index in [2.05, 4.69) is 29.8 Å². The fourth-order valence-corrected chi connectivity index (χ4v) is 3.92. The number of hydrogen-bond donors (Lipinski definition) is 2. The third-order valence-corrected chi connectivity index (χ3v) is 5.62. The zero-order chi connectivity index (χ0) is 23.5. The molecule has 172 valence electrons. The molecular formula is C19H21F3N6O3S. The smallest absolute Gasteiger partial charge is 0.406 e. The summed E-state index contributed by atoms with van der Waals surface area (Å²) in [4.78, 5) is 8.47. The minimum atomic E-state index is -4.85. The van der Waals surface area contributed by atoms with Crippen LogP contribution >= 0.6 is 0 Å². The van der Waals surface area contributed by atoms with Crippen LogP contribution in [0.15, 0.2) is 41.3 Å². The second-order valence-corrected chi connectivity index (χ2v) is 8.61. The van der Waals surface area contributed by atoms with Crippen molar-refractivity contribution in [3.05, 3.63) is 53.6 Å². The van der Waals surface area contributed by atoms with Crippen molar-refractivity contribution in [2.24, 2.45) is 0 Å².